The second kappa shape index (κ2) is 5.54. The van der Waals surface area contributed by atoms with Crippen LogP contribution in [0.2, 0.25) is 10.0 Å². The van der Waals surface area contributed by atoms with Crippen molar-refractivity contribution in [2.75, 3.05) is 6.54 Å². The molecule has 0 saturated heterocycles. The van der Waals surface area contributed by atoms with Crippen LogP contribution in [0.25, 0.3) is 11.3 Å². The first-order chi connectivity index (χ1) is 8.20. The highest BCUT2D eigenvalue weighted by Crippen LogP contribution is 2.31. The third-order valence-corrected chi connectivity index (χ3v) is 2.91. The molecule has 17 heavy (non-hydrogen) atoms. The molecular formula is C12H12Cl2N2O. The van der Waals surface area contributed by atoms with E-state index in [2.05, 4.69) is 4.98 Å². The van der Waals surface area contributed by atoms with E-state index in [4.69, 9.17) is 33.4 Å². The number of aryl methyl sites for hydroxylation is 1. The molecule has 0 spiro atoms. The minimum absolute atomic E-state index is 0.593. The molecule has 2 rings (SSSR count). The number of benzene rings is 1. The molecule has 0 fully saturated rings. The minimum atomic E-state index is 0.593. The van der Waals surface area contributed by atoms with Crippen molar-refractivity contribution in [2.45, 2.75) is 12.8 Å². The van der Waals surface area contributed by atoms with E-state index in [0.717, 1.165) is 18.4 Å². The molecule has 2 aromatic rings. The highest BCUT2D eigenvalue weighted by Gasteiger charge is 2.10. The third-order valence-electron chi connectivity index (χ3n) is 2.34. The van der Waals surface area contributed by atoms with E-state index in [0.29, 0.717) is 28.2 Å². The summed E-state index contributed by atoms with van der Waals surface area (Å²) < 4.78 is 5.60. The smallest absolute Gasteiger partial charge is 0.194 e. The summed E-state index contributed by atoms with van der Waals surface area (Å²) in [6.45, 7) is 0.621. The van der Waals surface area contributed by atoms with E-state index in [-0.39, 0.29) is 0 Å². The average molecular weight is 271 g/mol. The molecule has 5 heteroatoms. The maximum atomic E-state index is 6.08. The van der Waals surface area contributed by atoms with Gasteiger partial charge in [0.25, 0.3) is 0 Å². The Kier molecular flexibility index (Phi) is 4.05. The van der Waals surface area contributed by atoms with Gasteiger partial charge in [0.2, 0.25) is 0 Å². The van der Waals surface area contributed by atoms with E-state index in [1.807, 2.05) is 0 Å². The number of rotatable bonds is 4. The Morgan fingerprint density at radius 3 is 2.88 bits per heavy atom. The summed E-state index contributed by atoms with van der Waals surface area (Å²) in [5, 5.41) is 1.21. The first-order valence-electron chi connectivity index (χ1n) is 5.31. The minimum Gasteiger partial charge on any atom is -0.441 e. The molecule has 1 aromatic carbocycles. The standard InChI is InChI=1S/C12H12Cl2N2O/c13-8-3-4-10(14)9(6-8)11-7-16-12(17-11)2-1-5-15/h3-4,6-7H,1-2,5,15H2. The fraction of sp³-hybridized carbons (Fsp3) is 0.250. The molecule has 2 N–H and O–H groups in total. The normalized spacial score (nSPS) is 10.8. The van der Waals surface area contributed by atoms with E-state index in [1.54, 1.807) is 24.4 Å². The highest BCUT2D eigenvalue weighted by atomic mass is 35.5. The van der Waals surface area contributed by atoms with Crippen molar-refractivity contribution in [2.24, 2.45) is 5.73 Å². The van der Waals surface area contributed by atoms with Crippen LogP contribution in [0.4, 0.5) is 0 Å². The van der Waals surface area contributed by atoms with Gasteiger partial charge >= 0.3 is 0 Å². The number of hydrogen-bond acceptors (Lipinski definition) is 3. The Hall–Kier alpha value is -1.03. The van der Waals surface area contributed by atoms with Crippen LogP contribution in [0.15, 0.2) is 28.8 Å². The molecule has 0 aliphatic carbocycles. The zero-order valence-electron chi connectivity index (χ0n) is 9.12. The first kappa shape index (κ1) is 12.4. The van der Waals surface area contributed by atoms with Crippen LogP contribution in [0.3, 0.4) is 0 Å². The maximum Gasteiger partial charge on any atom is 0.194 e. The Morgan fingerprint density at radius 2 is 2.12 bits per heavy atom. The molecular weight excluding hydrogens is 259 g/mol. The summed E-state index contributed by atoms with van der Waals surface area (Å²) in [5.41, 5.74) is 6.19. The topological polar surface area (TPSA) is 52.0 Å². The van der Waals surface area contributed by atoms with E-state index in [1.165, 1.54) is 0 Å². The predicted octanol–water partition coefficient (Wildman–Crippen LogP) is 3.54. The van der Waals surface area contributed by atoms with E-state index < -0.39 is 0 Å². The molecule has 0 unspecified atom stereocenters. The summed E-state index contributed by atoms with van der Waals surface area (Å²) in [6.07, 6.45) is 3.24. The van der Waals surface area contributed by atoms with Crippen molar-refractivity contribution in [3.05, 3.63) is 40.3 Å². The molecule has 0 saturated carbocycles. The van der Waals surface area contributed by atoms with E-state index in [9.17, 15) is 0 Å². The largest absolute Gasteiger partial charge is 0.441 e. The predicted molar refractivity (Wildman–Crippen MR) is 69.3 cm³/mol. The molecule has 0 atom stereocenters. The third kappa shape index (κ3) is 3.00. The zero-order valence-corrected chi connectivity index (χ0v) is 10.6. The van der Waals surface area contributed by atoms with Gasteiger partial charge in [-0.2, -0.15) is 0 Å². The summed E-state index contributed by atoms with van der Waals surface area (Å²) >= 11 is 12.0. The molecule has 0 aliphatic rings. The van der Waals surface area contributed by atoms with Crippen molar-refractivity contribution >= 4 is 23.2 Å². The number of hydrogen-bond donors (Lipinski definition) is 1. The Morgan fingerprint density at radius 1 is 1.29 bits per heavy atom. The second-order valence-corrected chi connectivity index (χ2v) is 4.48. The molecule has 3 nitrogen and oxygen atoms in total. The van der Waals surface area contributed by atoms with Gasteiger partial charge in [0, 0.05) is 17.0 Å². The molecule has 0 amide bonds. The van der Waals surface area contributed by atoms with E-state index >= 15 is 0 Å². The van der Waals surface area contributed by atoms with Gasteiger partial charge in [-0.05, 0) is 31.2 Å². The van der Waals surface area contributed by atoms with Crippen molar-refractivity contribution < 1.29 is 4.42 Å². The van der Waals surface area contributed by atoms with Gasteiger partial charge in [-0.3, -0.25) is 0 Å². The molecule has 0 radical (unpaired) electrons. The Labute approximate surface area is 110 Å². The summed E-state index contributed by atoms with van der Waals surface area (Å²) in [7, 11) is 0. The van der Waals surface area contributed by atoms with Gasteiger partial charge < -0.3 is 10.2 Å². The van der Waals surface area contributed by atoms with Crippen molar-refractivity contribution in [3.63, 3.8) is 0 Å². The number of nitrogens with zero attached hydrogens (tertiary/aromatic N) is 1. The van der Waals surface area contributed by atoms with Gasteiger partial charge in [0.15, 0.2) is 11.7 Å². The number of nitrogens with two attached hydrogens (primary N) is 1. The van der Waals surface area contributed by atoms with Crippen LogP contribution in [0.1, 0.15) is 12.3 Å². The lowest BCUT2D eigenvalue weighted by atomic mass is 10.2. The summed E-state index contributed by atoms with van der Waals surface area (Å²) in [5.74, 6) is 1.30. The van der Waals surface area contributed by atoms with Gasteiger partial charge in [-0.1, -0.05) is 23.2 Å². The van der Waals surface area contributed by atoms with Crippen LogP contribution in [0.5, 0.6) is 0 Å². The monoisotopic (exact) mass is 270 g/mol. The maximum absolute atomic E-state index is 6.08. The fourth-order valence-corrected chi connectivity index (χ4v) is 1.87. The van der Waals surface area contributed by atoms with Gasteiger partial charge in [0.05, 0.1) is 11.2 Å². The summed E-state index contributed by atoms with van der Waals surface area (Å²) in [6, 6.07) is 5.23. The van der Waals surface area contributed by atoms with Gasteiger partial charge in [0.1, 0.15) is 0 Å². The number of aromatic nitrogens is 1. The quantitative estimate of drug-likeness (QED) is 0.925. The molecule has 90 valence electrons. The average Bonchev–Trinajstić information content (AvgIpc) is 2.78. The van der Waals surface area contributed by atoms with Crippen LogP contribution < -0.4 is 5.73 Å². The lowest BCUT2D eigenvalue weighted by molar-refractivity contribution is 0.499. The Bertz CT molecular complexity index is 511. The molecule has 1 heterocycles. The zero-order chi connectivity index (χ0) is 12.3. The van der Waals surface area contributed by atoms with Gasteiger partial charge in [-0.15, -0.1) is 0 Å². The van der Waals surface area contributed by atoms with Crippen molar-refractivity contribution in [1.29, 1.82) is 0 Å². The second-order valence-electron chi connectivity index (χ2n) is 3.63. The highest BCUT2D eigenvalue weighted by molar-refractivity contribution is 6.35. The fourth-order valence-electron chi connectivity index (χ4n) is 1.49. The lowest BCUT2D eigenvalue weighted by Gasteiger charge is -2.00. The number of halogens is 2. The van der Waals surface area contributed by atoms with Crippen molar-refractivity contribution in [3.8, 4) is 11.3 Å². The lowest BCUT2D eigenvalue weighted by Crippen LogP contribution is -2.00. The SMILES string of the molecule is NCCCc1ncc(-c2cc(Cl)ccc2Cl)o1. The van der Waals surface area contributed by atoms with Crippen LogP contribution in [-0.4, -0.2) is 11.5 Å². The summed E-state index contributed by atoms with van der Waals surface area (Å²) in [4.78, 5) is 4.18. The molecule has 0 bridgehead atoms. The van der Waals surface area contributed by atoms with Gasteiger partial charge in [-0.25, -0.2) is 4.98 Å². The van der Waals surface area contributed by atoms with Crippen LogP contribution in [0, 0.1) is 0 Å². The number of oxazole rings is 1. The molecule has 0 aliphatic heterocycles. The molecule has 1 aromatic heterocycles. The van der Waals surface area contributed by atoms with Crippen LogP contribution >= 0.6 is 23.2 Å². The van der Waals surface area contributed by atoms with Crippen molar-refractivity contribution in [1.82, 2.24) is 4.98 Å². The van der Waals surface area contributed by atoms with Crippen LogP contribution in [-0.2, 0) is 6.42 Å². The first-order valence-corrected chi connectivity index (χ1v) is 6.06. The Balaban J connectivity index is 2.27.